The fraction of sp³-hybridized carbons (Fsp3) is 0.474. The topological polar surface area (TPSA) is 87.7 Å². The van der Waals surface area contributed by atoms with Crippen molar-refractivity contribution < 1.29 is 0 Å². The zero-order valence-electron chi connectivity index (χ0n) is 16.8. The van der Waals surface area contributed by atoms with Crippen molar-refractivity contribution in [3.63, 3.8) is 0 Å². The number of nitrogens with one attached hydrogen (secondary N) is 2. The van der Waals surface area contributed by atoms with Crippen molar-refractivity contribution in [1.29, 1.82) is 0 Å². The number of aromatic nitrogens is 5. The summed E-state index contributed by atoms with van der Waals surface area (Å²) in [7, 11) is 3.76. The molecule has 1 saturated heterocycles. The molecule has 3 aromatic rings. The van der Waals surface area contributed by atoms with Crippen molar-refractivity contribution in [2.75, 3.05) is 31.6 Å². The number of aliphatic imine (C=N–C) groups is 1. The molecule has 10 heteroatoms. The first kappa shape index (κ1) is 21.3. The minimum atomic E-state index is 0. The third kappa shape index (κ3) is 5.17. The number of aryl methyl sites for hydroxylation is 1. The van der Waals surface area contributed by atoms with Crippen LogP contribution in [0, 0.1) is 0 Å². The van der Waals surface area contributed by atoms with E-state index in [1.165, 1.54) is 5.69 Å². The van der Waals surface area contributed by atoms with E-state index in [4.69, 9.17) is 0 Å². The fourth-order valence-electron chi connectivity index (χ4n) is 3.64. The van der Waals surface area contributed by atoms with E-state index in [0.717, 1.165) is 56.3 Å². The van der Waals surface area contributed by atoms with Crippen molar-refractivity contribution in [2.45, 2.75) is 25.3 Å². The van der Waals surface area contributed by atoms with Crippen LogP contribution in [0.5, 0.6) is 0 Å². The molecule has 1 fully saturated rings. The monoisotopic (exact) mass is 509 g/mol. The van der Waals surface area contributed by atoms with Gasteiger partial charge in [0.05, 0.1) is 11.9 Å². The molecule has 0 spiro atoms. The molecule has 4 rings (SSSR count). The number of halogens is 1. The summed E-state index contributed by atoms with van der Waals surface area (Å²) in [6, 6.07) is 6.28. The van der Waals surface area contributed by atoms with Gasteiger partial charge < -0.3 is 15.5 Å². The Balaban J connectivity index is 0.00000240. The SMILES string of the molecule is CN=C(NCCc1nnc2ccccn12)NC1CCCN(c2cnn(C)c2)C1.I. The predicted molar refractivity (Wildman–Crippen MR) is 125 cm³/mol. The van der Waals surface area contributed by atoms with Crippen LogP contribution < -0.4 is 15.5 Å². The third-order valence-electron chi connectivity index (χ3n) is 5.07. The molecule has 1 atom stereocenters. The lowest BCUT2D eigenvalue weighted by molar-refractivity contribution is 0.468. The van der Waals surface area contributed by atoms with Crippen molar-refractivity contribution in [2.24, 2.45) is 12.0 Å². The second-order valence-corrected chi connectivity index (χ2v) is 7.10. The Morgan fingerprint density at radius 3 is 3.00 bits per heavy atom. The van der Waals surface area contributed by atoms with Gasteiger partial charge in [-0.05, 0) is 25.0 Å². The molecule has 1 unspecified atom stereocenters. The van der Waals surface area contributed by atoms with E-state index in [9.17, 15) is 0 Å². The highest BCUT2D eigenvalue weighted by Gasteiger charge is 2.21. The van der Waals surface area contributed by atoms with Crippen LogP contribution in [0.1, 0.15) is 18.7 Å². The maximum absolute atomic E-state index is 4.38. The van der Waals surface area contributed by atoms with Crippen molar-refractivity contribution >= 4 is 41.3 Å². The number of rotatable bonds is 5. The number of hydrogen-bond acceptors (Lipinski definition) is 5. The lowest BCUT2D eigenvalue weighted by Gasteiger charge is -2.34. The first-order valence-electron chi connectivity index (χ1n) is 9.72. The van der Waals surface area contributed by atoms with Crippen LogP contribution in [0.4, 0.5) is 5.69 Å². The number of fused-ring (bicyclic) bond motifs is 1. The minimum absolute atomic E-state index is 0. The van der Waals surface area contributed by atoms with Crippen LogP contribution >= 0.6 is 24.0 Å². The number of guanidine groups is 1. The normalized spacial score (nSPS) is 17.2. The molecule has 2 N–H and O–H groups in total. The minimum Gasteiger partial charge on any atom is -0.367 e. The molecular formula is C19H28IN9. The van der Waals surface area contributed by atoms with Crippen LogP contribution in [-0.2, 0) is 13.5 Å². The number of piperidine rings is 1. The zero-order chi connectivity index (χ0) is 19.3. The largest absolute Gasteiger partial charge is 0.367 e. The van der Waals surface area contributed by atoms with Crippen LogP contribution in [-0.4, -0.2) is 63.1 Å². The zero-order valence-corrected chi connectivity index (χ0v) is 19.2. The maximum Gasteiger partial charge on any atom is 0.191 e. The lowest BCUT2D eigenvalue weighted by atomic mass is 10.1. The van der Waals surface area contributed by atoms with Gasteiger partial charge in [0, 0.05) is 58.6 Å². The summed E-state index contributed by atoms with van der Waals surface area (Å²) in [6.07, 6.45) is 9.05. The van der Waals surface area contributed by atoms with Crippen molar-refractivity contribution in [3.8, 4) is 0 Å². The molecule has 0 saturated carbocycles. The Labute approximate surface area is 187 Å². The van der Waals surface area contributed by atoms with Gasteiger partial charge in [-0.25, -0.2) is 0 Å². The Morgan fingerprint density at radius 2 is 2.21 bits per heavy atom. The first-order chi connectivity index (χ1) is 13.7. The Kier molecular flexibility index (Phi) is 7.29. The van der Waals surface area contributed by atoms with Crippen LogP contribution in [0.25, 0.3) is 5.65 Å². The van der Waals surface area contributed by atoms with E-state index < -0.39 is 0 Å². The standard InChI is InChI=1S/C19H27N9.HI/c1-20-19(21-9-8-18-25-24-17-7-3-4-11-28(17)18)23-15-6-5-10-27(13-15)16-12-22-26(2)14-16;/h3-4,7,11-12,14-15H,5-6,8-10,13H2,1-2H3,(H2,20,21,23);1H. The van der Waals surface area contributed by atoms with Gasteiger partial charge in [-0.1, -0.05) is 6.07 Å². The molecule has 0 radical (unpaired) electrons. The molecule has 0 aliphatic carbocycles. The number of anilines is 1. The molecule has 4 heterocycles. The summed E-state index contributed by atoms with van der Waals surface area (Å²) in [6.45, 7) is 2.76. The summed E-state index contributed by atoms with van der Waals surface area (Å²) in [5.74, 6) is 1.77. The first-order valence-corrected chi connectivity index (χ1v) is 9.72. The number of hydrogen-bond donors (Lipinski definition) is 2. The van der Waals surface area contributed by atoms with Gasteiger partial charge in [-0.3, -0.25) is 14.1 Å². The fourth-order valence-corrected chi connectivity index (χ4v) is 3.64. The van der Waals surface area contributed by atoms with Gasteiger partial charge in [0.1, 0.15) is 5.82 Å². The Morgan fingerprint density at radius 1 is 1.31 bits per heavy atom. The van der Waals surface area contributed by atoms with E-state index in [2.05, 4.69) is 42.0 Å². The molecule has 0 bridgehead atoms. The quantitative estimate of drug-likeness (QED) is 0.308. The smallest absolute Gasteiger partial charge is 0.191 e. The Hall–Kier alpha value is -2.37. The summed E-state index contributed by atoms with van der Waals surface area (Å²) < 4.78 is 3.87. The van der Waals surface area contributed by atoms with E-state index in [1.54, 1.807) is 0 Å². The van der Waals surface area contributed by atoms with Crippen LogP contribution in [0.3, 0.4) is 0 Å². The molecule has 0 aromatic carbocycles. The second kappa shape index (κ2) is 9.90. The highest BCUT2D eigenvalue weighted by molar-refractivity contribution is 14.0. The van der Waals surface area contributed by atoms with Gasteiger partial charge in [0.2, 0.25) is 0 Å². The molecular weight excluding hydrogens is 481 g/mol. The second-order valence-electron chi connectivity index (χ2n) is 7.10. The summed E-state index contributed by atoms with van der Waals surface area (Å²) in [5.41, 5.74) is 2.05. The maximum atomic E-state index is 4.38. The lowest BCUT2D eigenvalue weighted by Crippen LogP contribution is -2.51. The van der Waals surface area contributed by atoms with Gasteiger partial charge in [0.15, 0.2) is 11.6 Å². The predicted octanol–water partition coefficient (Wildman–Crippen LogP) is 1.46. The van der Waals surface area contributed by atoms with E-state index >= 15 is 0 Å². The third-order valence-corrected chi connectivity index (χ3v) is 5.07. The average Bonchev–Trinajstić information content (AvgIpc) is 3.34. The average molecular weight is 509 g/mol. The summed E-state index contributed by atoms with van der Waals surface area (Å²) >= 11 is 0. The Bertz CT molecular complexity index is 948. The number of pyridine rings is 1. The van der Waals surface area contributed by atoms with Crippen LogP contribution in [0.15, 0.2) is 41.8 Å². The molecule has 156 valence electrons. The van der Waals surface area contributed by atoms with Gasteiger partial charge in [-0.15, -0.1) is 34.2 Å². The van der Waals surface area contributed by atoms with Crippen molar-refractivity contribution in [3.05, 3.63) is 42.6 Å². The molecule has 1 aliphatic heterocycles. The molecule has 0 amide bonds. The van der Waals surface area contributed by atoms with Crippen LogP contribution in [0.2, 0.25) is 0 Å². The molecule has 3 aromatic heterocycles. The highest BCUT2D eigenvalue weighted by Crippen LogP contribution is 2.18. The van der Waals surface area contributed by atoms with Gasteiger partial charge in [-0.2, -0.15) is 5.10 Å². The van der Waals surface area contributed by atoms with Gasteiger partial charge >= 0.3 is 0 Å². The van der Waals surface area contributed by atoms with E-state index in [-0.39, 0.29) is 24.0 Å². The van der Waals surface area contributed by atoms with Gasteiger partial charge in [0.25, 0.3) is 0 Å². The molecule has 9 nitrogen and oxygen atoms in total. The van der Waals surface area contributed by atoms with E-state index in [1.807, 2.05) is 53.8 Å². The molecule has 29 heavy (non-hydrogen) atoms. The highest BCUT2D eigenvalue weighted by atomic mass is 127. The molecule has 1 aliphatic rings. The summed E-state index contributed by atoms with van der Waals surface area (Å²) in [4.78, 5) is 6.76. The van der Waals surface area contributed by atoms with E-state index in [0.29, 0.717) is 6.04 Å². The number of nitrogens with zero attached hydrogens (tertiary/aromatic N) is 7. The van der Waals surface area contributed by atoms with Crippen molar-refractivity contribution in [1.82, 2.24) is 35.0 Å². The summed E-state index contributed by atoms with van der Waals surface area (Å²) in [5, 5.41) is 19.7.